The van der Waals surface area contributed by atoms with Gasteiger partial charge in [-0.2, -0.15) is 5.10 Å². The van der Waals surface area contributed by atoms with Crippen molar-refractivity contribution in [2.75, 3.05) is 6.54 Å². The Balaban J connectivity index is 2.17. The quantitative estimate of drug-likeness (QED) is 0.841. The summed E-state index contributed by atoms with van der Waals surface area (Å²) in [6.07, 6.45) is 3.18. The minimum Gasteiger partial charge on any atom is -0.384 e. The Morgan fingerprint density at radius 3 is 2.65 bits per heavy atom. The molecule has 0 radical (unpaired) electrons. The normalized spacial score (nSPS) is 14.9. The molecular weight excluding hydrogens is 314 g/mol. The summed E-state index contributed by atoms with van der Waals surface area (Å²) in [5.41, 5.74) is 0.169. The summed E-state index contributed by atoms with van der Waals surface area (Å²) >= 11 is 0. The summed E-state index contributed by atoms with van der Waals surface area (Å²) in [5.74, 6) is 0.239. The van der Waals surface area contributed by atoms with Crippen LogP contribution in [-0.2, 0) is 22.7 Å². The van der Waals surface area contributed by atoms with Crippen LogP contribution < -0.4 is 4.72 Å². The molecule has 2 aromatic rings. The summed E-state index contributed by atoms with van der Waals surface area (Å²) in [4.78, 5) is 0.200. The maximum Gasteiger partial charge on any atom is 0.240 e. The number of aliphatic hydroxyl groups is 1. The van der Waals surface area contributed by atoms with Crippen LogP contribution in [0.4, 0.5) is 0 Å². The number of sulfonamides is 1. The van der Waals surface area contributed by atoms with E-state index in [1.807, 2.05) is 19.9 Å². The van der Waals surface area contributed by atoms with Crippen LogP contribution >= 0.6 is 0 Å². The van der Waals surface area contributed by atoms with Crippen LogP contribution in [0.3, 0.4) is 0 Å². The van der Waals surface area contributed by atoms with E-state index in [0.29, 0.717) is 5.56 Å². The summed E-state index contributed by atoms with van der Waals surface area (Å²) in [6, 6.07) is 6.83. The second-order valence-corrected chi connectivity index (χ2v) is 8.00. The van der Waals surface area contributed by atoms with E-state index in [4.69, 9.17) is 0 Å². The number of hydrogen-bond donors (Lipinski definition) is 2. The average molecular weight is 337 g/mol. The van der Waals surface area contributed by atoms with Crippen molar-refractivity contribution < 1.29 is 13.5 Å². The van der Waals surface area contributed by atoms with Crippen LogP contribution in [0.15, 0.2) is 41.6 Å². The molecule has 0 fully saturated rings. The number of hydrogen-bond acceptors (Lipinski definition) is 4. The van der Waals surface area contributed by atoms with Gasteiger partial charge in [0, 0.05) is 25.4 Å². The third-order valence-corrected chi connectivity index (χ3v) is 5.17. The van der Waals surface area contributed by atoms with Crippen LogP contribution in [0, 0.1) is 0 Å². The summed E-state index contributed by atoms with van der Waals surface area (Å²) in [6.45, 7) is 5.43. The van der Waals surface area contributed by atoms with Gasteiger partial charge in [-0.05, 0) is 30.5 Å². The Hall–Kier alpha value is -1.70. The lowest BCUT2D eigenvalue weighted by molar-refractivity contribution is 0.0627. The van der Waals surface area contributed by atoms with E-state index >= 15 is 0 Å². The summed E-state index contributed by atoms with van der Waals surface area (Å²) < 4.78 is 28.9. The van der Waals surface area contributed by atoms with Crippen LogP contribution in [0.5, 0.6) is 0 Å². The Bertz CT molecular complexity index is 779. The lowest BCUT2D eigenvalue weighted by Crippen LogP contribution is -2.38. The number of nitrogens with one attached hydrogen (secondary N) is 1. The maximum absolute atomic E-state index is 12.4. The molecule has 0 bridgehead atoms. The first-order valence-corrected chi connectivity index (χ1v) is 8.91. The summed E-state index contributed by atoms with van der Waals surface area (Å²) in [5, 5.41) is 14.5. The molecule has 1 aromatic carbocycles. The topological polar surface area (TPSA) is 84.2 Å². The molecule has 7 heteroatoms. The van der Waals surface area contributed by atoms with E-state index in [2.05, 4.69) is 9.82 Å². The molecule has 0 unspecified atom stereocenters. The molecule has 1 aromatic heterocycles. The van der Waals surface area contributed by atoms with Crippen LogP contribution in [0.1, 0.15) is 37.8 Å². The predicted molar refractivity (Wildman–Crippen MR) is 88.5 cm³/mol. The van der Waals surface area contributed by atoms with Gasteiger partial charge in [-0.25, -0.2) is 13.1 Å². The molecule has 0 aliphatic carbocycles. The van der Waals surface area contributed by atoms with Gasteiger partial charge in [0.1, 0.15) is 5.60 Å². The first-order chi connectivity index (χ1) is 10.6. The fourth-order valence-electron chi connectivity index (χ4n) is 2.16. The highest BCUT2D eigenvalue weighted by Crippen LogP contribution is 2.21. The van der Waals surface area contributed by atoms with Gasteiger partial charge in [0.2, 0.25) is 10.0 Å². The maximum atomic E-state index is 12.4. The largest absolute Gasteiger partial charge is 0.384 e. The molecule has 23 heavy (non-hydrogen) atoms. The van der Waals surface area contributed by atoms with Crippen molar-refractivity contribution in [1.82, 2.24) is 14.5 Å². The lowest BCUT2D eigenvalue weighted by atomic mass is 10.0. The van der Waals surface area contributed by atoms with Gasteiger partial charge in [0.05, 0.1) is 11.1 Å². The van der Waals surface area contributed by atoms with Crippen molar-refractivity contribution in [1.29, 1.82) is 0 Å². The minimum atomic E-state index is -3.69. The molecule has 0 aliphatic heterocycles. The van der Waals surface area contributed by atoms with Crippen LogP contribution in [0.2, 0.25) is 0 Å². The van der Waals surface area contributed by atoms with Crippen molar-refractivity contribution >= 4 is 10.0 Å². The fourth-order valence-corrected chi connectivity index (χ4v) is 3.35. The van der Waals surface area contributed by atoms with Gasteiger partial charge in [-0.15, -0.1) is 0 Å². The number of nitrogens with zero attached hydrogens (tertiary/aromatic N) is 2. The van der Waals surface area contributed by atoms with Gasteiger partial charge < -0.3 is 5.11 Å². The van der Waals surface area contributed by atoms with Gasteiger partial charge in [0.15, 0.2) is 0 Å². The third kappa shape index (κ3) is 4.19. The Morgan fingerprint density at radius 2 is 2.09 bits per heavy atom. The first-order valence-electron chi connectivity index (χ1n) is 7.43. The fraction of sp³-hybridized carbons (Fsp3) is 0.438. The lowest BCUT2D eigenvalue weighted by Gasteiger charge is -2.22. The van der Waals surface area contributed by atoms with E-state index < -0.39 is 15.6 Å². The van der Waals surface area contributed by atoms with E-state index in [9.17, 15) is 13.5 Å². The molecule has 2 N–H and O–H groups in total. The van der Waals surface area contributed by atoms with E-state index in [-0.39, 0.29) is 17.4 Å². The standard InChI is InChI=1S/C16H23N3O3S/c1-12(2)13-6-5-7-15(8-13)23(21,22)18-11-16(3,20)14-9-17-19(4)10-14/h5-10,12,18,20H,11H2,1-4H3/t16-/m1/s1. The third-order valence-electron chi connectivity index (χ3n) is 3.77. The van der Waals surface area contributed by atoms with E-state index in [1.54, 1.807) is 43.0 Å². The SMILES string of the molecule is CC(C)c1cccc(S(=O)(=O)NC[C@@](C)(O)c2cnn(C)c2)c1. The molecule has 1 heterocycles. The van der Waals surface area contributed by atoms with Crippen molar-refractivity contribution in [3.8, 4) is 0 Å². The number of rotatable bonds is 6. The molecule has 1 atom stereocenters. The molecular formula is C16H23N3O3S. The molecule has 0 saturated carbocycles. The van der Waals surface area contributed by atoms with Gasteiger partial charge >= 0.3 is 0 Å². The van der Waals surface area contributed by atoms with Gasteiger partial charge in [-0.1, -0.05) is 26.0 Å². The number of aromatic nitrogens is 2. The number of aryl methyl sites for hydroxylation is 1. The average Bonchev–Trinajstić information content (AvgIpc) is 2.93. The highest BCUT2D eigenvalue weighted by molar-refractivity contribution is 7.89. The molecule has 0 amide bonds. The van der Waals surface area contributed by atoms with Crippen molar-refractivity contribution in [2.24, 2.45) is 7.05 Å². The van der Waals surface area contributed by atoms with Crippen LogP contribution in [0.25, 0.3) is 0 Å². The molecule has 6 nitrogen and oxygen atoms in total. The van der Waals surface area contributed by atoms with E-state index in [0.717, 1.165) is 5.56 Å². The highest BCUT2D eigenvalue weighted by atomic mass is 32.2. The zero-order valence-electron chi connectivity index (χ0n) is 13.8. The minimum absolute atomic E-state index is 0.132. The van der Waals surface area contributed by atoms with Crippen LogP contribution in [-0.4, -0.2) is 29.8 Å². The zero-order chi connectivity index (χ0) is 17.3. The second kappa shape index (κ2) is 6.43. The molecule has 0 saturated heterocycles. The summed E-state index contributed by atoms with van der Waals surface area (Å²) in [7, 11) is -1.95. The zero-order valence-corrected chi connectivity index (χ0v) is 14.6. The smallest absolute Gasteiger partial charge is 0.240 e. The van der Waals surface area contributed by atoms with Gasteiger partial charge in [0.25, 0.3) is 0 Å². The highest BCUT2D eigenvalue weighted by Gasteiger charge is 2.27. The Morgan fingerprint density at radius 1 is 1.39 bits per heavy atom. The Labute approximate surface area is 137 Å². The first kappa shape index (κ1) is 17.7. The van der Waals surface area contributed by atoms with Crippen molar-refractivity contribution in [2.45, 2.75) is 37.2 Å². The Kier molecular flexibility index (Phi) is 4.93. The van der Waals surface area contributed by atoms with Crippen molar-refractivity contribution in [3.63, 3.8) is 0 Å². The number of benzene rings is 1. The molecule has 126 valence electrons. The van der Waals surface area contributed by atoms with Crippen molar-refractivity contribution in [3.05, 3.63) is 47.8 Å². The van der Waals surface area contributed by atoms with Gasteiger partial charge in [-0.3, -0.25) is 4.68 Å². The molecule has 0 spiro atoms. The second-order valence-electron chi connectivity index (χ2n) is 6.23. The molecule has 0 aliphatic rings. The molecule has 2 rings (SSSR count). The predicted octanol–water partition coefficient (Wildman–Crippen LogP) is 1.73. The monoisotopic (exact) mass is 337 g/mol. The van der Waals surface area contributed by atoms with E-state index in [1.165, 1.54) is 6.20 Å².